The first-order chi connectivity index (χ1) is 9.33. The first-order valence-corrected chi connectivity index (χ1v) is 6.60. The smallest absolute Gasteiger partial charge is 0.225 e. The van der Waals surface area contributed by atoms with Crippen molar-refractivity contribution in [2.75, 3.05) is 36.0 Å². The van der Waals surface area contributed by atoms with Gasteiger partial charge in [-0.2, -0.15) is 0 Å². The summed E-state index contributed by atoms with van der Waals surface area (Å²) >= 11 is 5.92. The first-order valence-electron chi connectivity index (χ1n) is 6.22. The van der Waals surface area contributed by atoms with E-state index in [2.05, 4.69) is 24.8 Å². The lowest BCUT2D eigenvalue weighted by atomic mass is 10.3. The quantitative estimate of drug-likeness (QED) is 0.783. The summed E-state index contributed by atoms with van der Waals surface area (Å²) in [5.74, 6) is 1.72. The highest BCUT2D eigenvalue weighted by Gasteiger charge is 2.19. The molecule has 0 N–H and O–H groups in total. The normalized spacial score (nSPS) is 15.6. The van der Waals surface area contributed by atoms with Crippen LogP contribution < -0.4 is 9.80 Å². The van der Waals surface area contributed by atoms with Crippen molar-refractivity contribution < 1.29 is 0 Å². The number of nitrogens with zero attached hydrogens (tertiary/aromatic N) is 5. The molecule has 1 fully saturated rings. The number of anilines is 2. The standard InChI is InChI=1S/C13H14ClN5/c14-11-3-1-4-12(17-11)18-7-9-19(10-8-18)13-15-5-2-6-16-13/h1-6H,7-10H2. The van der Waals surface area contributed by atoms with Crippen LogP contribution in [0.15, 0.2) is 36.7 Å². The van der Waals surface area contributed by atoms with Crippen LogP contribution in [0.5, 0.6) is 0 Å². The van der Waals surface area contributed by atoms with Crippen molar-refractivity contribution >= 4 is 23.4 Å². The van der Waals surface area contributed by atoms with E-state index in [1.54, 1.807) is 18.5 Å². The molecule has 2 aromatic rings. The molecule has 2 aromatic heterocycles. The molecule has 0 radical (unpaired) electrons. The third kappa shape index (κ3) is 2.76. The average molecular weight is 276 g/mol. The SMILES string of the molecule is Clc1cccc(N2CCN(c3ncccn3)CC2)n1. The molecule has 1 saturated heterocycles. The molecule has 0 unspecified atom stereocenters. The summed E-state index contributed by atoms with van der Waals surface area (Å²) in [6.45, 7) is 3.56. The van der Waals surface area contributed by atoms with Crippen molar-refractivity contribution in [3.05, 3.63) is 41.8 Å². The lowest BCUT2D eigenvalue weighted by molar-refractivity contribution is 0.634. The topological polar surface area (TPSA) is 45.2 Å². The van der Waals surface area contributed by atoms with Crippen molar-refractivity contribution in [3.63, 3.8) is 0 Å². The van der Waals surface area contributed by atoms with Gasteiger partial charge in [0.1, 0.15) is 11.0 Å². The summed E-state index contributed by atoms with van der Waals surface area (Å²) in [6.07, 6.45) is 3.54. The zero-order valence-corrected chi connectivity index (χ0v) is 11.2. The van der Waals surface area contributed by atoms with E-state index in [1.165, 1.54) is 0 Å². The number of hydrogen-bond acceptors (Lipinski definition) is 5. The second-order valence-electron chi connectivity index (χ2n) is 4.34. The second kappa shape index (κ2) is 5.40. The van der Waals surface area contributed by atoms with Gasteiger partial charge in [-0.1, -0.05) is 17.7 Å². The number of piperazine rings is 1. The van der Waals surface area contributed by atoms with Crippen molar-refractivity contribution in [3.8, 4) is 0 Å². The Labute approximate surface area is 116 Å². The summed E-state index contributed by atoms with van der Waals surface area (Å²) < 4.78 is 0. The van der Waals surface area contributed by atoms with Gasteiger partial charge in [0.05, 0.1) is 0 Å². The molecule has 0 aromatic carbocycles. The molecule has 5 nitrogen and oxygen atoms in total. The van der Waals surface area contributed by atoms with Gasteiger partial charge < -0.3 is 9.80 Å². The van der Waals surface area contributed by atoms with Gasteiger partial charge in [0, 0.05) is 38.6 Å². The average Bonchev–Trinajstić information content (AvgIpc) is 2.48. The van der Waals surface area contributed by atoms with Crippen LogP contribution in [-0.4, -0.2) is 41.1 Å². The molecule has 19 heavy (non-hydrogen) atoms. The largest absolute Gasteiger partial charge is 0.353 e. The fourth-order valence-electron chi connectivity index (χ4n) is 2.16. The maximum atomic E-state index is 5.92. The maximum Gasteiger partial charge on any atom is 0.225 e. The van der Waals surface area contributed by atoms with Gasteiger partial charge in [-0.05, 0) is 18.2 Å². The van der Waals surface area contributed by atoms with Crippen molar-refractivity contribution in [2.45, 2.75) is 0 Å². The van der Waals surface area contributed by atoms with Crippen LogP contribution >= 0.6 is 11.6 Å². The Kier molecular flexibility index (Phi) is 3.46. The molecule has 3 rings (SSSR count). The van der Waals surface area contributed by atoms with E-state index in [0.29, 0.717) is 5.15 Å². The second-order valence-corrected chi connectivity index (χ2v) is 4.73. The lowest BCUT2D eigenvalue weighted by Gasteiger charge is -2.35. The molecule has 0 amide bonds. The van der Waals surface area contributed by atoms with Crippen molar-refractivity contribution in [1.29, 1.82) is 0 Å². The van der Waals surface area contributed by atoms with E-state index in [9.17, 15) is 0 Å². The molecule has 98 valence electrons. The van der Waals surface area contributed by atoms with Crippen LogP contribution in [0.2, 0.25) is 5.15 Å². The summed E-state index contributed by atoms with van der Waals surface area (Å²) in [5, 5.41) is 0.534. The molecule has 0 atom stereocenters. The monoisotopic (exact) mass is 275 g/mol. The number of aromatic nitrogens is 3. The van der Waals surface area contributed by atoms with Crippen LogP contribution in [0.4, 0.5) is 11.8 Å². The van der Waals surface area contributed by atoms with Crippen LogP contribution in [0.25, 0.3) is 0 Å². The fourth-order valence-corrected chi connectivity index (χ4v) is 2.32. The molecule has 3 heterocycles. The van der Waals surface area contributed by atoms with Crippen LogP contribution in [0.3, 0.4) is 0 Å². The molecule has 0 aliphatic carbocycles. The summed E-state index contributed by atoms with van der Waals surface area (Å²) in [7, 11) is 0. The molecular formula is C13H14ClN5. The Morgan fingerprint density at radius 2 is 1.58 bits per heavy atom. The van der Waals surface area contributed by atoms with E-state index < -0.39 is 0 Å². The fraction of sp³-hybridized carbons (Fsp3) is 0.308. The Morgan fingerprint density at radius 1 is 0.895 bits per heavy atom. The van der Waals surface area contributed by atoms with Gasteiger partial charge >= 0.3 is 0 Å². The van der Waals surface area contributed by atoms with Crippen molar-refractivity contribution in [2.24, 2.45) is 0 Å². The molecule has 0 saturated carbocycles. The highest BCUT2D eigenvalue weighted by Crippen LogP contribution is 2.17. The van der Waals surface area contributed by atoms with Gasteiger partial charge in [-0.25, -0.2) is 15.0 Å². The zero-order chi connectivity index (χ0) is 13.1. The van der Waals surface area contributed by atoms with E-state index in [0.717, 1.165) is 37.9 Å². The minimum Gasteiger partial charge on any atom is -0.353 e. The third-order valence-corrected chi connectivity index (χ3v) is 3.35. The minimum atomic E-state index is 0.534. The number of rotatable bonds is 2. The van der Waals surface area contributed by atoms with Crippen LogP contribution in [0, 0.1) is 0 Å². The van der Waals surface area contributed by atoms with Crippen LogP contribution in [-0.2, 0) is 0 Å². The summed E-state index contributed by atoms with van der Waals surface area (Å²) in [6, 6.07) is 7.53. The van der Waals surface area contributed by atoms with Crippen LogP contribution in [0.1, 0.15) is 0 Å². The van der Waals surface area contributed by atoms with Crippen molar-refractivity contribution in [1.82, 2.24) is 15.0 Å². The minimum absolute atomic E-state index is 0.534. The lowest BCUT2D eigenvalue weighted by Crippen LogP contribution is -2.47. The third-order valence-electron chi connectivity index (χ3n) is 3.14. The Morgan fingerprint density at radius 3 is 2.26 bits per heavy atom. The first kappa shape index (κ1) is 12.2. The molecule has 1 aliphatic rings. The zero-order valence-electron chi connectivity index (χ0n) is 10.4. The molecular weight excluding hydrogens is 262 g/mol. The predicted molar refractivity (Wildman–Crippen MR) is 75.7 cm³/mol. The number of hydrogen-bond donors (Lipinski definition) is 0. The van der Waals surface area contributed by atoms with Gasteiger partial charge in [0.2, 0.25) is 5.95 Å². The number of pyridine rings is 1. The Bertz CT molecular complexity index is 540. The van der Waals surface area contributed by atoms with Gasteiger partial charge in [-0.3, -0.25) is 0 Å². The Hall–Kier alpha value is -1.88. The van der Waals surface area contributed by atoms with Gasteiger partial charge in [0.15, 0.2) is 0 Å². The highest BCUT2D eigenvalue weighted by molar-refractivity contribution is 6.29. The van der Waals surface area contributed by atoms with E-state index in [-0.39, 0.29) is 0 Å². The van der Waals surface area contributed by atoms with E-state index >= 15 is 0 Å². The number of halogens is 1. The highest BCUT2D eigenvalue weighted by atomic mass is 35.5. The van der Waals surface area contributed by atoms with E-state index in [4.69, 9.17) is 11.6 Å². The molecule has 1 aliphatic heterocycles. The molecule has 0 bridgehead atoms. The van der Waals surface area contributed by atoms with Gasteiger partial charge in [-0.15, -0.1) is 0 Å². The summed E-state index contributed by atoms with van der Waals surface area (Å²) in [5.41, 5.74) is 0. The van der Waals surface area contributed by atoms with Gasteiger partial charge in [0.25, 0.3) is 0 Å². The molecule has 0 spiro atoms. The predicted octanol–water partition coefficient (Wildman–Crippen LogP) is 1.85. The summed E-state index contributed by atoms with van der Waals surface area (Å²) in [4.78, 5) is 17.3. The van der Waals surface area contributed by atoms with E-state index in [1.807, 2.05) is 18.2 Å². The molecule has 6 heteroatoms. The maximum absolute atomic E-state index is 5.92. The Balaban J connectivity index is 1.67.